The molecule has 0 saturated carbocycles. The van der Waals surface area contributed by atoms with E-state index in [-0.39, 0.29) is 16.7 Å². The summed E-state index contributed by atoms with van der Waals surface area (Å²) in [4.78, 5) is 29.3. The Morgan fingerprint density at radius 3 is 2.56 bits per heavy atom. The quantitative estimate of drug-likeness (QED) is 0.606. The van der Waals surface area contributed by atoms with Gasteiger partial charge in [0.2, 0.25) is 5.91 Å². The molecule has 2 aromatic rings. The molecule has 6 heteroatoms. The van der Waals surface area contributed by atoms with Crippen LogP contribution >= 0.6 is 11.8 Å². The highest BCUT2D eigenvalue weighted by Crippen LogP contribution is 2.25. The first-order valence-electron chi connectivity index (χ1n) is 8.55. The smallest absolute Gasteiger partial charge is 0.254 e. The molecule has 0 aliphatic carbocycles. The van der Waals surface area contributed by atoms with E-state index in [0.717, 1.165) is 23.4 Å². The standard InChI is InChI=1S/C19H25N3O2S/c1-5-7-16(18(24)20-15-10-8-13(3)9-11-15)25-19-21-14(6-2)12-17(23)22(19)4/h8-12,16H,5-7H2,1-4H3,(H,20,24). The van der Waals surface area contributed by atoms with E-state index in [9.17, 15) is 9.59 Å². The van der Waals surface area contributed by atoms with E-state index in [4.69, 9.17) is 0 Å². The van der Waals surface area contributed by atoms with E-state index in [0.29, 0.717) is 18.0 Å². The van der Waals surface area contributed by atoms with Crippen LogP contribution in [0.2, 0.25) is 0 Å². The fraction of sp³-hybridized carbons (Fsp3) is 0.421. The first-order chi connectivity index (χ1) is 11.9. The number of carbonyl (C=O) groups is 1. The van der Waals surface area contributed by atoms with E-state index in [1.165, 1.54) is 16.3 Å². The summed E-state index contributed by atoms with van der Waals surface area (Å²) in [6.07, 6.45) is 2.28. The van der Waals surface area contributed by atoms with E-state index in [2.05, 4.69) is 10.3 Å². The Labute approximate surface area is 152 Å². The Morgan fingerprint density at radius 2 is 1.96 bits per heavy atom. The predicted molar refractivity (Wildman–Crippen MR) is 103 cm³/mol. The third-order valence-electron chi connectivity index (χ3n) is 3.92. The van der Waals surface area contributed by atoms with E-state index in [1.54, 1.807) is 13.1 Å². The van der Waals surface area contributed by atoms with Crippen LogP contribution in [0.15, 0.2) is 40.3 Å². The summed E-state index contributed by atoms with van der Waals surface area (Å²) in [7, 11) is 1.69. The van der Waals surface area contributed by atoms with Crippen LogP contribution in [-0.2, 0) is 18.3 Å². The van der Waals surface area contributed by atoms with Crippen molar-refractivity contribution in [2.75, 3.05) is 5.32 Å². The van der Waals surface area contributed by atoms with Gasteiger partial charge in [-0.25, -0.2) is 4.98 Å². The van der Waals surface area contributed by atoms with Crippen LogP contribution in [0.1, 0.15) is 37.9 Å². The van der Waals surface area contributed by atoms with Gasteiger partial charge in [0.05, 0.1) is 5.25 Å². The number of aryl methyl sites for hydroxylation is 2. The second-order valence-corrected chi connectivity index (χ2v) is 7.20. The molecule has 1 amide bonds. The number of rotatable bonds is 7. The molecule has 25 heavy (non-hydrogen) atoms. The van der Waals surface area contributed by atoms with Crippen molar-refractivity contribution in [1.82, 2.24) is 9.55 Å². The molecule has 0 radical (unpaired) electrons. The van der Waals surface area contributed by atoms with Gasteiger partial charge < -0.3 is 5.32 Å². The van der Waals surface area contributed by atoms with Gasteiger partial charge in [-0.1, -0.05) is 49.7 Å². The minimum Gasteiger partial charge on any atom is -0.325 e. The number of hydrogen-bond acceptors (Lipinski definition) is 4. The normalized spacial score (nSPS) is 12.0. The van der Waals surface area contributed by atoms with Crippen LogP contribution in [0.5, 0.6) is 0 Å². The fourth-order valence-electron chi connectivity index (χ4n) is 2.34. The van der Waals surface area contributed by atoms with Gasteiger partial charge in [0.1, 0.15) is 0 Å². The van der Waals surface area contributed by atoms with Gasteiger partial charge in [0.15, 0.2) is 5.16 Å². The zero-order valence-corrected chi connectivity index (χ0v) is 16.0. The largest absolute Gasteiger partial charge is 0.325 e. The minimum absolute atomic E-state index is 0.0631. The number of nitrogens with zero attached hydrogens (tertiary/aromatic N) is 2. The van der Waals surface area contributed by atoms with Crippen LogP contribution in [0.3, 0.4) is 0 Å². The zero-order valence-electron chi connectivity index (χ0n) is 15.2. The number of amides is 1. The first kappa shape index (κ1) is 19.2. The molecule has 0 aliphatic rings. The molecule has 1 unspecified atom stereocenters. The van der Waals surface area contributed by atoms with Crippen molar-refractivity contribution >= 4 is 23.4 Å². The maximum atomic E-state index is 12.7. The van der Waals surface area contributed by atoms with Gasteiger partial charge in [-0.3, -0.25) is 14.2 Å². The summed E-state index contributed by atoms with van der Waals surface area (Å²) in [6.45, 7) is 6.01. The molecule has 0 spiro atoms. The molecule has 1 heterocycles. The van der Waals surface area contributed by atoms with Crippen molar-refractivity contribution in [1.29, 1.82) is 0 Å². The molecule has 1 aromatic carbocycles. The summed E-state index contributed by atoms with van der Waals surface area (Å²) in [5, 5.41) is 3.25. The summed E-state index contributed by atoms with van der Waals surface area (Å²) < 4.78 is 1.51. The summed E-state index contributed by atoms with van der Waals surface area (Å²) in [6, 6.07) is 9.27. The lowest BCUT2D eigenvalue weighted by Gasteiger charge is -2.17. The third kappa shape index (κ3) is 5.19. The lowest BCUT2D eigenvalue weighted by Crippen LogP contribution is -2.27. The predicted octanol–water partition coefficient (Wildman–Crippen LogP) is 3.55. The lowest BCUT2D eigenvalue weighted by molar-refractivity contribution is -0.115. The number of hydrogen-bond donors (Lipinski definition) is 1. The number of carbonyl (C=O) groups excluding carboxylic acids is 1. The number of anilines is 1. The molecule has 134 valence electrons. The average molecular weight is 359 g/mol. The van der Waals surface area contributed by atoms with Crippen molar-refractivity contribution in [3.05, 3.63) is 51.9 Å². The molecule has 1 atom stereocenters. The van der Waals surface area contributed by atoms with Crippen LogP contribution in [0.4, 0.5) is 5.69 Å². The maximum absolute atomic E-state index is 12.7. The number of thioether (sulfide) groups is 1. The number of aromatic nitrogens is 2. The van der Waals surface area contributed by atoms with Gasteiger partial charge in [0, 0.05) is 24.5 Å². The Kier molecular flexibility index (Phi) is 6.82. The Bertz CT molecular complexity index is 784. The van der Waals surface area contributed by atoms with Crippen molar-refractivity contribution in [2.45, 2.75) is 50.4 Å². The van der Waals surface area contributed by atoms with Gasteiger partial charge in [0.25, 0.3) is 5.56 Å². The molecule has 1 N–H and O–H groups in total. The van der Waals surface area contributed by atoms with E-state index >= 15 is 0 Å². The molecule has 1 aromatic heterocycles. The van der Waals surface area contributed by atoms with Crippen LogP contribution in [-0.4, -0.2) is 20.7 Å². The molecule has 0 aliphatic heterocycles. The van der Waals surface area contributed by atoms with Crippen molar-refractivity contribution in [3.8, 4) is 0 Å². The molecule has 5 nitrogen and oxygen atoms in total. The molecule has 0 fully saturated rings. The number of benzene rings is 1. The zero-order chi connectivity index (χ0) is 18.4. The second kappa shape index (κ2) is 8.85. The molecular weight excluding hydrogens is 334 g/mol. The highest BCUT2D eigenvalue weighted by Gasteiger charge is 2.21. The fourth-order valence-corrected chi connectivity index (χ4v) is 3.53. The van der Waals surface area contributed by atoms with E-state index < -0.39 is 0 Å². The Balaban J connectivity index is 2.20. The molecule has 2 rings (SSSR count). The second-order valence-electron chi connectivity index (χ2n) is 6.03. The van der Waals surface area contributed by atoms with Crippen LogP contribution in [0, 0.1) is 6.92 Å². The summed E-state index contributed by atoms with van der Waals surface area (Å²) in [5.74, 6) is -0.0631. The lowest BCUT2D eigenvalue weighted by atomic mass is 10.2. The summed E-state index contributed by atoms with van der Waals surface area (Å²) in [5.41, 5.74) is 2.58. The maximum Gasteiger partial charge on any atom is 0.254 e. The third-order valence-corrected chi connectivity index (χ3v) is 5.23. The van der Waals surface area contributed by atoms with Crippen molar-refractivity contribution in [2.24, 2.45) is 7.05 Å². The molecule has 0 saturated heterocycles. The topological polar surface area (TPSA) is 64.0 Å². The molecular formula is C19H25N3O2S. The highest BCUT2D eigenvalue weighted by atomic mass is 32.2. The van der Waals surface area contributed by atoms with Crippen molar-refractivity contribution < 1.29 is 4.79 Å². The molecule has 0 bridgehead atoms. The van der Waals surface area contributed by atoms with Gasteiger partial charge in [-0.2, -0.15) is 0 Å². The highest BCUT2D eigenvalue weighted by molar-refractivity contribution is 8.00. The Hall–Kier alpha value is -2.08. The number of nitrogens with one attached hydrogen (secondary N) is 1. The van der Waals surface area contributed by atoms with Gasteiger partial charge in [-0.05, 0) is 31.9 Å². The SMILES string of the molecule is CCCC(Sc1nc(CC)cc(=O)n1C)C(=O)Nc1ccc(C)cc1. The van der Waals surface area contributed by atoms with Crippen LogP contribution in [0.25, 0.3) is 0 Å². The summed E-state index contributed by atoms with van der Waals surface area (Å²) >= 11 is 1.35. The van der Waals surface area contributed by atoms with Gasteiger partial charge in [-0.15, -0.1) is 0 Å². The average Bonchev–Trinajstić information content (AvgIpc) is 2.60. The van der Waals surface area contributed by atoms with Crippen molar-refractivity contribution in [3.63, 3.8) is 0 Å². The van der Waals surface area contributed by atoms with Crippen LogP contribution < -0.4 is 10.9 Å². The monoisotopic (exact) mass is 359 g/mol. The minimum atomic E-state index is -0.295. The van der Waals surface area contributed by atoms with Gasteiger partial charge >= 0.3 is 0 Å². The first-order valence-corrected chi connectivity index (χ1v) is 9.43. The Morgan fingerprint density at radius 1 is 1.28 bits per heavy atom. The van der Waals surface area contributed by atoms with E-state index in [1.807, 2.05) is 45.0 Å².